The largest absolute Gasteiger partial charge is 0.397 e. The molecule has 1 fully saturated rings. The van der Waals surface area contributed by atoms with Gasteiger partial charge in [0.1, 0.15) is 0 Å². The third kappa shape index (κ3) is 2.60. The first-order chi connectivity index (χ1) is 7.69. The van der Waals surface area contributed by atoms with Crippen LogP contribution in [0.2, 0.25) is 5.02 Å². The van der Waals surface area contributed by atoms with Gasteiger partial charge < -0.3 is 15.8 Å². The SMILES string of the molecule is COC1CCC(Nc2cc(Cl)ccc2N)C1. The van der Waals surface area contributed by atoms with Crippen LogP contribution in [0.15, 0.2) is 18.2 Å². The van der Waals surface area contributed by atoms with Gasteiger partial charge in [0.25, 0.3) is 0 Å². The smallest absolute Gasteiger partial charge is 0.0591 e. The number of benzene rings is 1. The number of rotatable bonds is 3. The predicted molar refractivity (Wildman–Crippen MR) is 67.9 cm³/mol. The molecule has 0 bridgehead atoms. The van der Waals surface area contributed by atoms with Crippen molar-refractivity contribution in [2.75, 3.05) is 18.2 Å². The third-order valence-corrected chi connectivity index (χ3v) is 3.33. The predicted octanol–water partition coefficient (Wildman–Crippen LogP) is 2.90. The highest BCUT2D eigenvalue weighted by Gasteiger charge is 2.24. The van der Waals surface area contributed by atoms with Gasteiger partial charge in [-0.25, -0.2) is 0 Å². The van der Waals surface area contributed by atoms with E-state index < -0.39 is 0 Å². The van der Waals surface area contributed by atoms with Crippen LogP contribution in [0, 0.1) is 0 Å². The summed E-state index contributed by atoms with van der Waals surface area (Å²) >= 11 is 5.94. The van der Waals surface area contributed by atoms with Gasteiger partial charge in [-0.2, -0.15) is 0 Å². The van der Waals surface area contributed by atoms with E-state index in [1.54, 1.807) is 13.2 Å². The molecular formula is C12H17ClN2O. The molecule has 88 valence electrons. The van der Waals surface area contributed by atoms with Gasteiger partial charge in [0.05, 0.1) is 17.5 Å². The fourth-order valence-corrected chi connectivity index (χ4v) is 2.33. The van der Waals surface area contributed by atoms with Crippen LogP contribution in [0.3, 0.4) is 0 Å². The van der Waals surface area contributed by atoms with Crippen LogP contribution in [0.5, 0.6) is 0 Å². The molecular weight excluding hydrogens is 224 g/mol. The van der Waals surface area contributed by atoms with Crippen molar-refractivity contribution in [3.63, 3.8) is 0 Å². The van der Waals surface area contributed by atoms with E-state index in [-0.39, 0.29) is 0 Å². The maximum atomic E-state index is 5.94. The molecule has 3 N–H and O–H groups in total. The second-order valence-electron chi connectivity index (χ2n) is 4.24. The second-order valence-corrected chi connectivity index (χ2v) is 4.68. The maximum absolute atomic E-state index is 5.94. The molecule has 1 aliphatic carbocycles. The van der Waals surface area contributed by atoms with E-state index >= 15 is 0 Å². The van der Waals surface area contributed by atoms with Crippen LogP contribution in [0.1, 0.15) is 19.3 Å². The average molecular weight is 241 g/mol. The molecule has 1 aromatic rings. The summed E-state index contributed by atoms with van der Waals surface area (Å²) in [5.74, 6) is 0. The summed E-state index contributed by atoms with van der Waals surface area (Å²) in [6, 6.07) is 5.93. The van der Waals surface area contributed by atoms with Crippen molar-refractivity contribution in [3.05, 3.63) is 23.2 Å². The standard InChI is InChI=1S/C12H17ClN2O/c1-16-10-4-3-9(7-10)15-12-6-8(13)2-5-11(12)14/h2,5-6,9-10,15H,3-4,7,14H2,1H3. The molecule has 4 heteroatoms. The first kappa shape index (κ1) is 11.6. The van der Waals surface area contributed by atoms with E-state index in [9.17, 15) is 0 Å². The number of nitrogens with two attached hydrogens (primary N) is 1. The topological polar surface area (TPSA) is 47.3 Å². The molecule has 2 atom stereocenters. The fourth-order valence-electron chi connectivity index (χ4n) is 2.16. The van der Waals surface area contributed by atoms with E-state index in [0.717, 1.165) is 30.6 Å². The van der Waals surface area contributed by atoms with Gasteiger partial charge in [0.2, 0.25) is 0 Å². The molecule has 0 amide bonds. The first-order valence-electron chi connectivity index (χ1n) is 5.53. The van der Waals surface area contributed by atoms with Crippen LogP contribution in [0.4, 0.5) is 11.4 Å². The number of nitrogens with one attached hydrogen (secondary N) is 1. The normalized spacial score (nSPS) is 24.6. The Hall–Kier alpha value is -0.930. The maximum Gasteiger partial charge on any atom is 0.0591 e. The highest BCUT2D eigenvalue weighted by Crippen LogP contribution is 2.29. The monoisotopic (exact) mass is 240 g/mol. The zero-order valence-electron chi connectivity index (χ0n) is 9.37. The number of halogens is 1. The molecule has 1 saturated carbocycles. The minimum atomic E-state index is 0.373. The summed E-state index contributed by atoms with van der Waals surface area (Å²) in [7, 11) is 1.76. The molecule has 0 saturated heterocycles. The summed E-state index contributed by atoms with van der Waals surface area (Å²) < 4.78 is 5.34. The lowest BCUT2D eigenvalue weighted by Crippen LogP contribution is -2.18. The molecule has 1 aliphatic rings. The highest BCUT2D eigenvalue weighted by molar-refractivity contribution is 6.31. The Balaban J connectivity index is 2.01. The van der Waals surface area contributed by atoms with Crippen molar-refractivity contribution < 1.29 is 4.74 Å². The quantitative estimate of drug-likeness (QED) is 0.799. The highest BCUT2D eigenvalue weighted by atomic mass is 35.5. The molecule has 0 heterocycles. The lowest BCUT2D eigenvalue weighted by molar-refractivity contribution is 0.108. The number of ether oxygens (including phenoxy) is 1. The Labute approximate surface area is 101 Å². The van der Waals surface area contributed by atoms with Gasteiger partial charge in [-0.1, -0.05) is 11.6 Å². The van der Waals surface area contributed by atoms with Crippen LogP contribution in [0.25, 0.3) is 0 Å². The Kier molecular flexibility index (Phi) is 3.56. The molecule has 0 aliphatic heterocycles. The zero-order valence-corrected chi connectivity index (χ0v) is 10.1. The van der Waals surface area contributed by atoms with Crippen molar-refractivity contribution in [2.45, 2.75) is 31.4 Å². The summed E-state index contributed by atoms with van der Waals surface area (Å²) in [4.78, 5) is 0. The van der Waals surface area contributed by atoms with Crippen molar-refractivity contribution in [1.29, 1.82) is 0 Å². The average Bonchev–Trinajstić information content (AvgIpc) is 2.71. The Morgan fingerprint density at radius 3 is 2.94 bits per heavy atom. The van der Waals surface area contributed by atoms with E-state index in [1.807, 2.05) is 12.1 Å². The summed E-state index contributed by atoms with van der Waals surface area (Å²) in [5, 5.41) is 4.13. The lowest BCUT2D eigenvalue weighted by atomic mass is 10.2. The molecule has 2 rings (SSSR count). The van der Waals surface area contributed by atoms with Crippen molar-refractivity contribution >= 4 is 23.0 Å². The van der Waals surface area contributed by atoms with Gasteiger partial charge in [-0.05, 0) is 37.5 Å². The molecule has 0 radical (unpaired) electrons. The van der Waals surface area contributed by atoms with Gasteiger partial charge >= 0.3 is 0 Å². The van der Waals surface area contributed by atoms with Gasteiger partial charge in [0, 0.05) is 18.2 Å². The van der Waals surface area contributed by atoms with Crippen LogP contribution >= 0.6 is 11.6 Å². The van der Waals surface area contributed by atoms with Crippen molar-refractivity contribution in [3.8, 4) is 0 Å². The minimum absolute atomic E-state index is 0.373. The van der Waals surface area contributed by atoms with Crippen molar-refractivity contribution in [2.24, 2.45) is 0 Å². The summed E-state index contributed by atoms with van der Waals surface area (Å²) in [5.41, 5.74) is 7.55. The molecule has 0 spiro atoms. The zero-order chi connectivity index (χ0) is 11.5. The van der Waals surface area contributed by atoms with E-state index in [2.05, 4.69) is 5.32 Å². The first-order valence-corrected chi connectivity index (χ1v) is 5.91. The molecule has 1 aromatic carbocycles. The Bertz CT molecular complexity index is 370. The van der Waals surface area contributed by atoms with E-state index in [1.165, 1.54) is 0 Å². The van der Waals surface area contributed by atoms with Crippen molar-refractivity contribution in [1.82, 2.24) is 0 Å². The van der Waals surface area contributed by atoms with Crippen LogP contribution < -0.4 is 11.1 Å². The fraction of sp³-hybridized carbons (Fsp3) is 0.500. The van der Waals surface area contributed by atoms with Gasteiger partial charge in [0.15, 0.2) is 0 Å². The van der Waals surface area contributed by atoms with E-state index in [0.29, 0.717) is 17.2 Å². The Morgan fingerprint density at radius 1 is 1.44 bits per heavy atom. The Morgan fingerprint density at radius 2 is 2.25 bits per heavy atom. The van der Waals surface area contributed by atoms with Gasteiger partial charge in [-0.15, -0.1) is 0 Å². The number of anilines is 2. The number of methoxy groups -OCH3 is 1. The number of nitrogen functional groups attached to an aromatic ring is 1. The molecule has 2 unspecified atom stereocenters. The summed E-state index contributed by atoms with van der Waals surface area (Å²) in [6.45, 7) is 0. The summed E-state index contributed by atoms with van der Waals surface area (Å²) in [6.07, 6.45) is 3.62. The third-order valence-electron chi connectivity index (χ3n) is 3.09. The van der Waals surface area contributed by atoms with Gasteiger partial charge in [-0.3, -0.25) is 0 Å². The molecule has 3 nitrogen and oxygen atoms in total. The van der Waals surface area contributed by atoms with Crippen LogP contribution in [-0.4, -0.2) is 19.3 Å². The molecule has 16 heavy (non-hydrogen) atoms. The van der Waals surface area contributed by atoms with Crippen LogP contribution in [-0.2, 0) is 4.74 Å². The number of hydrogen-bond donors (Lipinski definition) is 2. The molecule has 0 aromatic heterocycles. The minimum Gasteiger partial charge on any atom is -0.397 e. The van der Waals surface area contributed by atoms with E-state index in [4.69, 9.17) is 22.1 Å². The second kappa shape index (κ2) is 4.93. The number of hydrogen-bond acceptors (Lipinski definition) is 3. The lowest BCUT2D eigenvalue weighted by Gasteiger charge is -2.16.